The van der Waals surface area contributed by atoms with E-state index >= 15 is 0 Å². The zero-order valence-corrected chi connectivity index (χ0v) is 42.1. The highest BCUT2D eigenvalue weighted by atomic mass is 15.3. The zero-order valence-electron chi connectivity index (χ0n) is 42.1. The minimum Gasteiger partial charge on any atom is -0.345 e. The van der Waals surface area contributed by atoms with E-state index in [1.165, 1.54) is 124 Å². The van der Waals surface area contributed by atoms with Gasteiger partial charge >= 0.3 is 0 Å². The van der Waals surface area contributed by atoms with Gasteiger partial charge in [-0.25, -0.2) is 0 Å². The summed E-state index contributed by atoms with van der Waals surface area (Å²) in [6.45, 7) is 0.617. The number of benzene rings is 12. The third-order valence-corrected chi connectivity index (χ3v) is 16.2. The molecule has 12 aromatic rings. The van der Waals surface area contributed by atoms with E-state index in [1.54, 1.807) is 0 Å². The Morgan fingerprint density at radius 2 is 0.600 bits per heavy atom. The molecule has 0 unspecified atom stereocenters. The van der Waals surface area contributed by atoms with Crippen molar-refractivity contribution in [1.82, 2.24) is 0 Å². The van der Waals surface area contributed by atoms with Gasteiger partial charge in [-0.15, -0.1) is 0 Å². The van der Waals surface area contributed by atoms with Gasteiger partial charge in [0.05, 0.1) is 6.67 Å². The summed E-state index contributed by atoms with van der Waals surface area (Å²) >= 11 is 0. The highest BCUT2D eigenvalue weighted by Crippen LogP contribution is 2.41. The van der Waals surface area contributed by atoms with E-state index in [2.05, 4.69) is 277 Å². The van der Waals surface area contributed by atoms with Crippen molar-refractivity contribution in [3.8, 4) is 44.5 Å². The molecule has 358 valence electrons. The Balaban J connectivity index is 0.779. The molecule has 0 saturated carbocycles. The summed E-state index contributed by atoms with van der Waals surface area (Å²) < 4.78 is 0. The first-order valence-electron chi connectivity index (χ1n) is 26.5. The van der Waals surface area contributed by atoms with E-state index in [4.69, 9.17) is 0 Å². The monoisotopic (exact) mass is 961 g/mol. The van der Waals surface area contributed by atoms with E-state index in [0.717, 1.165) is 34.9 Å². The van der Waals surface area contributed by atoms with Crippen molar-refractivity contribution in [1.29, 1.82) is 0 Å². The maximum absolute atomic E-state index is 2.45. The Hall–Kier alpha value is -9.18. The van der Waals surface area contributed by atoms with Crippen molar-refractivity contribution in [3.05, 3.63) is 277 Å². The van der Waals surface area contributed by atoms with E-state index in [1.807, 2.05) is 0 Å². The van der Waals surface area contributed by atoms with Gasteiger partial charge in [-0.1, -0.05) is 170 Å². The van der Waals surface area contributed by atoms with Crippen LogP contribution in [-0.2, 0) is 25.7 Å². The largest absolute Gasteiger partial charge is 0.345 e. The maximum Gasteiger partial charge on any atom is 0.0999 e. The summed E-state index contributed by atoms with van der Waals surface area (Å²) in [6, 6.07) is 94.6. The number of rotatable bonds is 12. The van der Waals surface area contributed by atoms with Crippen LogP contribution >= 0.6 is 0 Å². The Bertz CT molecular complexity index is 4040. The second-order valence-corrected chi connectivity index (χ2v) is 20.5. The average molecular weight is 962 g/mol. The molecule has 0 N–H and O–H groups in total. The second kappa shape index (κ2) is 18.7. The van der Waals surface area contributed by atoms with Crippen molar-refractivity contribution in [2.75, 3.05) is 28.4 Å². The molecule has 0 amide bonds. The second-order valence-electron chi connectivity index (χ2n) is 20.5. The van der Waals surface area contributed by atoms with Gasteiger partial charge < -0.3 is 14.7 Å². The number of fused-ring (bicyclic) bond motifs is 8. The van der Waals surface area contributed by atoms with Crippen LogP contribution in [0.5, 0.6) is 0 Å². The first kappa shape index (κ1) is 44.5. The fraction of sp³-hybridized carbons (Fsp3) is 0.0833. The van der Waals surface area contributed by atoms with Gasteiger partial charge in [0.1, 0.15) is 0 Å². The fourth-order valence-electron chi connectivity index (χ4n) is 11.7. The molecule has 0 atom stereocenters. The van der Waals surface area contributed by atoms with Gasteiger partial charge in [-0.2, -0.15) is 0 Å². The lowest BCUT2D eigenvalue weighted by Gasteiger charge is -2.34. The minimum absolute atomic E-state index is 0.617. The molecule has 0 radical (unpaired) electrons. The zero-order chi connectivity index (χ0) is 49.8. The summed E-state index contributed by atoms with van der Waals surface area (Å²) in [4.78, 5) is 7.14. The van der Waals surface area contributed by atoms with E-state index < -0.39 is 0 Å². The topological polar surface area (TPSA) is 9.72 Å². The van der Waals surface area contributed by atoms with Gasteiger partial charge in [0.2, 0.25) is 0 Å². The molecule has 2 aliphatic rings. The molecule has 75 heavy (non-hydrogen) atoms. The van der Waals surface area contributed by atoms with E-state index in [-0.39, 0.29) is 0 Å². The number of hydrogen-bond acceptors (Lipinski definition) is 3. The van der Waals surface area contributed by atoms with Crippen molar-refractivity contribution in [3.63, 3.8) is 0 Å². The van der Waals surface area contributed by atoms with Crippen molar-refractivity contribution in [2.24, 2.45) is 0 Å². The Morgan fingerprint density at radius 1 is 0.240 bits per heavy atom. The molecule has 0 aliphatic heterocycles. The summed E-state index contributed by atoms with van der Waals surface area (Å²) in [5.41, 5.74) is 22.7. The van der Waals surface area contributed by atoms with Gasteiger partial charge in [0.25, 0.3) is 0 Å². The predicted molar refractivity (Wildman–Crippen MR) is 318 cm³/mol. The lowest BCUT2D eigenvalue weighted by atomic mass is 9.86. The first-order valence-corrected chi connectivity index (χ1v) is 26.5. The smallest absolute Gasteiger partial charge is 0.0999 e. The van der Waals surface area contributed by atoms with Gasteiger partial charge in [-0.05, 0) is 210 Å². The molecule has 0 bridgehead atoms. The molecule has 0 saturated heterocycles. The highest BCUT2D eigenvalue weighted by molar-refractivity contribution is 6.26. The highest BCUT2D eigenvalue weighted by Gasteiger charge is 2.20. The normalized spacial score (nSPS) is 12.4. The number of para-hydroxylation sites is 2. The van der Waals surface area contributed by atoms with E-state index in [0.29, 0.717) is 6.67 Å². The standard InChI is InChI=1S/C72H55N3/c1-73(65-18-10-12-53(44-65)57-28-24-49-22-26-55(49)42-57)61-36-30-51(31-37-61)59-34-40-69-70-41-35-60(47-72(70)68-21-9-8-20-67(68)71(69)46-59)52-32-38-64(39-33-52)75(48-74(62-14-4-2-5-15-62)63-16-6-3-7-17-63)66-19-11-13-54(45-66)58-29-25-50-23-27-56(50)43-58/h2-21,24-25,28-47H,22-23,26-27,48H2,1H3. The molecule has 14 rings (SSSR count). The summed E-state index contributed by atoms with van der Waals surface area (Å²) in [6.07, 6.45) is 4.75. The van der Waals surface area contributed by atoms with E-state index in [9.17, 15) is 0 Å². The third kappa shape index (κ3) is 8.28. The van der Waals surface area contributed by atoms with Crippen LogP contribution in [0.25, 0.3) is 76.8 Å². The number of aryl methyl sites for hydroxylation is 4. The molecule has 0 aromatic heterocycles. The lowest BCUT2D eigenvalue weighted by Crippen LogP contribution is -2.32. The molecule has 3 heteroatoms. The molecule has 3 nitrogen and oxygen atoms in total. The SMILES string of the molecule is CN(c1ccc(-c2ccc3c4ccc(-c5ccc(N(CN(c6ccccc6)c6ccccc6)c6cccc(-c7ccc8c(c7)CC8)c6)cc5)cc4c4ccccc4c3c2)cc1)c1cccc(-c2ccc3c(c2)CC3)c1. The minimum atomic E-state index is 0.617. The van der Waals surface area contributed by atoms with Crippen LogP contribution in [0.15, 0.2) is 255 Å². The van der Waals surface area contributed by atoms with Gasteiger partial charge in [0, 0.05) is 41.2 Å². The number of anilines is 6. The predicted octanol–water partition coefficient (Wildman–Crippen LogP) is 18.7. The van der Waals surface area contributed by atoms with Crippen LogP contribution in [-0.4, -0.2) is 13.7 Å². The quantitative estimate of drug-likeness (QED) is 0.0892. The van der Waals surface area contributed by atoms with Gasteiger partial charge in [-0.3, -0.25) is 0 Å². The summed E-state index contributed by atoms with van der Waals surface area (Å²) in [7, 11) is 2.16. The van der Waals surface area contributed by atoms with Crippen LogP contribution in [0.3, 0.4) is 0 Å². The van der Waals surface area contributed by atoms with Gasteiger partial charge in [0.15, 0.2) is 0 Å². The van der Waals surface area contributed by atoms with Crippen molar-refractivity contribution in [2.45, 2.75) is 25.7 Å². The molecule has 2 aliphatic carbocycles. The lowest BCUT2D eigenvalue weighted by molar-refractivity contribution is 0.840. The molecule has 0 fully saturated rings. The van der Waals surface area contributed by atoms with Crippen LogP contribution in [0.2, 0.25) is 0 Å². The van der Waals surface area contributed by atoms with Crippen LogP contribution < -0.4 is 14.7 Å². The Kier molecular flexibility index (Phi) is 11.1. The first-order chi connectivity index (χ1) is 37.0. The molecular formula is C72H55N3. The Labute approximate surface area is 439 Å². The molecular weight excluding hydrogens is 907 g/mol. The summed E-state index contributed by atoms with van der Waals surface area (Å²) in [5, 5.41) is 7.59. The average Bonchev–Trinajstić information content (AvgIpc) is 3.48. The van der Waals surface area contributed by atoms with Crippen molar-refractivity contribution < 1.29 is 0 Å². The molecule has 0 spiro atoms. The van der Waals surface area contributed by atoms with Crippen LogP contribution in [0.1, 0.15) is 22.3 Å². The maximum atomic E-state index is 2.45. The van der Waals surface area contributed by atoms with Crippen LogP contribution in [0, 0.1) is 0 Å². The van der Waals surface area contributed by atoms with Crippen LogP contribution in [0.4, 0.5) is 34.1 Å². The summed E-state index contributed by atoms with van der Waals surface area (Å²) in [5.74, 6) is 0. The molecule has 12 aromatic carbocycles. The Morgan fingerprint density at radius 3 is 1.09 bits per heavy atom. The number of hydrogen-bond donors (Lipinski definition) is 0. The fourth-order valence-corrected chi connectivity index (χ4v) is 11.7. The van der Waals surface area contributed by atoms with Crippen molar-refractivity contribution >= 4 is 66.4 Å². The third-order valence-electron chi connectivity index (χ3n) is 16.2. The number of nitrogens with zero attached hydrogens (tertiary/aromatic N) is 3. The molecule has 0 heterocycles.